The Bertz CT molecular complexity index is 278. The van der Waals surface area contributed by atoms with Crippen LogP contribution in [0.15, 0.2) is 18.2 Å². The molecule has 0 aliphatic carbocycles. The minimum absolute atomic E-state index is 0.158. The molecule has 0 spiro atoms. The van der Waals surface area contributed by atoms with E-state index < -0.39 is 0 Å². The van der Waals surface area contributed by atoms with E-state index in [1.807, 2.05) is 18.2 Å². The predicted molar refractivity (Wildman–Crippen MR) is 60.2 cm³/mol. The molecule has 1 aromatic carbocycles. The van der Waals surface area contributed by atoms with Crippen molar-refractivity contribution >= 4 is 34.2 Å². The van der Waals surface area contributed by atoms with Crippen LogP contribution in [0.3, 0.4) is 0 Å². The zero-order valence-electron chi connectivity index (χ0n) is 6.43. The summed E-state index contributed by atoms with van der Waals surface area (Å²) < 4.78 is 1.10. The highest BCUT2D eigenvalue weighted by Crippen LogP contribution is 2.22. The topological polar surface area (TPSA) is 52.0 Å². The molecule has 0 amide bonds. The third-order valence-electron chi connectivity index (χ3n) is 1.62. The van der Waals surface area contributed by atoms with Crippen molar-refractivity contribution in [2.45, 2.75) is 6.04 Å². The molecule has 12 heavy (non-hydrogen) atoms. The number of halogens is 2. The summed E-state index contributed by atoms with van der Waals surface area (Å²) in [7, 11) is 0. The molecule has 0 radical (unpaired) electrons. The highest BCUT2D eigenvalue weighted by Gasteiger charge is 2.07. The maximum atomic E-state index is 5.96. The van der Waals surface area contributed by atoms with Gasteiger partial charge in [-0.15, -0.1) is 0 Å². The molecule has 66 valence electrons. The molecule has 1 aromatic rings. The Morgan fingerprint density at radius 1 is 1.50 bits per heavy atom. The Hall–Kier alpha value is 0.160. The average molecular weight is 297 g/mol. The van der Waals surface area contributed by atoms with Crippen LogP contribution in [-0.4, -0.2) is 6.54 Å². The van der Waals surface area contributed by atoms with Gasteiger partial charge in [-0.25, -0.2) is 0 Å². The maximum Gasteiger partial charge on any atom is 0.0464 e. The van der Waals surface area contributed by atoms with Crippen LogP contribution in [0.1, 0.15) is 11.6 Å². The van der Waals surface area contributed by atoms with E-state index in [0.717, 1.165) is 9.13 Å². The minimum atomic E-state index is -0.158. The fourth-order valence-electron chi connectivity index (χ4n) is 0.929. The first-order valence-electron chi connectivity index (χ1n) is 3.55. The summed E-state index contributed by atoms with van der Waals surface area (Å²) in [4.78, 5) is 0. The van der Waals surface area contributed by atoms with Crippen molar-refractivity contribution in [2.24, 2.45) is 11.5 Å². The van der Waals surface area contributed by atoms with Crippen LogP contribution in [-0.2, 0) is 0 Å². The van der Waals surface area contributed by atoms with Gasteiger partial charge in [-0.1, -0.05) is 17.7 Å². The molecule has 0 fully saturated rings. The number of nitrogens with two attached hydrogens (primary N) is 2. The second-order valence-electron chi connectivity index (χ2n) is 2.51. The Balaban J connectivity index is 3.01. The van der Waals surface area contributed by atoms with Gasteiger partial charge in [0.25, 0.3) is 0 Å². The van der Waals surface area contributed by atoms with Gasteiger partial charge in [0.15, 0.2) is 0 Å². The lowest BCUT2D eigenvalue weighted by atomic mass is 10.1. The van der Waals surface area contributed by atoms with Gasteiger partial charge in [-0.05, 0) is 40.3 Å². The smallest absolute Gasteiger partial charge is 0.0464 e. The normalized spacial score (nSPS) is 13.0. The molecule has 0 heterocycles. The molecule has 0 aliphatic rings. The molecule has 0 unspecified atom stereocenters. The molecular weight excluding hydrogens is 286 g/mol. The van der Waals surface area contributed by atoms with E-state index in [9.17, 15) is 0 Å². The van der Waals surface area contributed by atoms with E-state index in [1.165, 1.54) is 0 Å². The van der Waals surface area contributed by atoms with Crippen LogP contribution in [0, 0.1) is 3.57 Å². The highest BCUT2D eigenvalue weighted by molar-refractivity contribution is 14.1. The number of rotatable bonds is 2. The van der Waals surface area contributed by atoms with Gasteiger partial charge in [0.2, 0.25) is 0 Å². The van der Waals surface area contributed by atoms with Gasteiger partial charge in [0, 0.05) is 21.2 Å². The number of hydrogen-bond donors (Lipinski definition) is 2. The lowest BCUT2D eigenvalue weighted by molar-refractivity contribution is 0.737. The van der Waals surface area contributed by atoms with Crippen molar-refractivity contribution in [3.05, 3.63) is 32.4 Å². The Labute approximate surface area is 90.4 Å². The lowest BCUT2D eigenvalue weighted by Gasteiger charge is -2.10. The van der Waals surface area contributed by atoms with E-state index in [1.54, 1.807) is 0 Å². The first-order chi connectivity index (χ1) is 5.65. The van der Waals surface area contributed by atoms with E-state index in [4.69, 9.17) is 23.1 Å². The van der Waals surface area contributed by atoms with Crippen LogP contribution in [0.5, 0.6) is 0 Å². The molecule has 0 bridgehead atoms. The van der Waals surface area contributed by atoms with Crippen LogP contribution < -0.4 is 11.5 Å². The average Bonchev–Trinajstić information content (AvgIpc) is 2.03. The second-order valence-corrected chi connectivity index (χ2v) is 4.16. The molecule has 1 rings (SSSR count). The van der Waals surface area contributed by atoms with E-state index >= 15 is 0 Å². The van der Waals surface area contributed by atoms with Crippen LogP contribution >= 0.6 is 34.2 Å². The third kappa shape index (κ3) is 2.32. The molecule has 0 saturated heterocycles. The summed E-state index contributed by atoms with van der Waals surface area (Å²) >= 11 is 8.16. The van der Waals surface area contributed by atoms with Gasteiger partial charge >= 0.3 is 0 Å². The van der Waals surface area contributed by atoms with Gasteiger partial charge in [0.05, 0.1) is 0 Å². The number of hydrogen-bond acceptors (Lipinski definition) is 2. The van der Waals surface area contributed by atoms with Crippen LogP contribution in [0.2, 0.25) is 5.02 Å². The first-order valence-corrected chi connectivity index (χ1v) is 5.01. The summed E-state index contributed by atoms with van der Waals surface area (Å²) in [5.41, 5.74) is 12.1. The van der Waals surface area contributed by atoms with Crippen molar-refractivity contribution in [1.82, 2.24) is 0 Å². The molecular formula is C8H10ClIN2. The summed E-state index contributed by atoms with van der Waals surface area (Å²) in [5, 5.41) is 0.694. The monoisotopic (exact) mass is 296 g/mol. The number of benzene rings is 1. The SMILES string of the molecule is NC[C@@H](N)c1ccc(I)cc1Cl. The van der Waals surface area contributed by atoms with Crippen molar-refractivity contribution in [3.8, 4) is 0 Å². The van der Waals surface area contributed by atoms with Gasteiger partial charge < -0.3 is 11.5 Å². The lowest BCUT2D eigenvalue weighted by Crippen LogP contribution is -2.21. The molecule has 4 heteroatoms. The third-order valence-corrected chi connectivity index (χ3v) is 2.61. The zero-order chi connectivity index (χ0) is 9.14. The largest absolute Gasteiger partial charge is 0.329 e. The zero-order valence-corrected chi connectivity index (χ0v) is 9.34. The Morgan fingerprint density at radius 2 is 2.17 bits per heavy atom. The highest BCUT2D eigenvalue weighted by atomic mass is 127. The standard InChI is InChI=1S/C8H10ClIN2/c9-7-3-5(10)1-2-6(7)8(12)4-11/h1-3,8H,4,11-12H2/t8-/m1/s1. The summed E-state index contributed by atoms with van der Waals surface area (Å²) in [6.07, 6.45) is 0. The molecule has 0 aliphatic heterocycles. The van der Waals surface area contributed by atoms with Crippen molar-refractivity contribution in [2.75, 3.05) is 6.54 Å². The molecule has 1 atom stereocenters. The molecule has 4 N–H and O–H groups in total. The molecule has 0 aromatic heterocycles. The van der Waals surface area contributed by atoms with Crippen LogP contribution in [0.25, 0.3) is 0 Å². The fraction of sp³-hybridized carbons (Fsp3) is 0.250. The Morgan fingerprint density at radius 3 is 2.67 bits per heavy atom. The molecule has 0 saturated carbocycles. The summed E-state index contributed by atoms with van der Waals surface area (Å²) in [5.74, 6) is 0. The minimum Gasteiger partial charge on any atom is -0.329 e. The van der Waals surface area contributed by atoms with E-state index in [-0.39, 0.29) is 6.04 Å². The van der Waals surface area contributed by atoms with Gasteiger partial charge in [0.1, 0.15) is 0 Å². The van der Waals surface area contributed by atoms with Gasteiger partial charge in [-0.2, -0.15) is 0 Å². The summed E-state index contributed by atoms with van der Waals surface area (Å²) in [6, 6.07) is 5.61. The van der Waals surface area contributed by atoms with E-state index in [2.05, 4.69) is 22.6 Å². The van der Waals surface area contributed by atoms with Crippen molar-refractivity contribution < 1.29 is 0 Å². The predicted octanol–water partition coefficient (Wildman–Crippen LogP) is 1.90. The van der Waals surface area contributed by atoms with Crippen molar-refractivity contribution in [1.29, 1.82) is 0 Å². The quantitative estimate of drug-likeness (QED) is 0.819. The maximum absolute atomic E-state index is 5.96. The molecule has 2 nitrogen and oxygen atoms in total. The van der Waals surface area contributed by atoms with Crippen LogP contribution in [0.4, 0.5) is 0 Å². The second kappa shape index (κ2) is 4.41. The fourth-order valence-corrected chi connectivity index (χ4v) is 1.93. The summed E-state index contributed by atoms with van der Waals surface area (Å²) in [6.45, 7) is 0.417. The van der Waals surface area contributed by atoms with Gasteiger partial charge in [-0.3, -0.25) is 0 Å². The Kier molecular flexibility index (Phi) is 3.77. The first kappa shape index (κ1) is 10.2. The van der Waals surface area contributed by atoms with Crippen molar-refractivity contribution in [3.63, 3.8) is 0 Å². The van der Waals surface area contributed by atoms with E-state index in [0.29, 0.717) is 11.6 Å².